The fourth-order valence-corrected chi connectivity index (χ4v) is 4.66. The topological polar surface area (TPSA) is 87.3 Å². The Morgan fingerprint density at radius 2 is 1.71 bits per heavy atom. The number of alkyl halides is 2. The van der Waals surface area contributed by atoms with Crippen molar-refractivity contribution in [2.75, 3.05) is 16.0 Å². The van der Waals surface area contributed by atoms with Gasteiger partial charge in [-0.25, -0.2) is 8.78 Å². The molecule has 1 aliphatic carbocycles. The first-order valence-electron chi connectivity index (χ1n) is 10.1. The third kappa shape index (κ3) is 5.59. The van der Waals surface area contributed by atoms with E-state index in [4.69, 9.17) is 34.8 Å². The van der Waals surface area contributed by atoms with E-state index in [2.05, 4.69) is 16.0 Å². The summed E-state index contributed by atoms with van der Waals surface area (Å²) in [5.41, 5.74) is -0.918. The summed E-state index contributed by atoms with van der Waals surface area (Å²) in [6.07, 6.45) is 0.303. The summed E-state index contributed by atoms with van der Waals surface area (Å²) in [5.74, 6) is -4.70. The lowest BCUT2D eigenvalue weighted by atomic mass is 10.1. The maximum absolute atomic E-state index is 15.0. The lowest BCUT2D eigenvalue weighted by molar-refractivity contribution is -0.117. The summed E-state index contributed by atoms with van der Waals surface area (Å²) in [6, 6.07) is 9.31. The summed E-state index contributed by atoms with van der Waals surface area (Å²) in [6.45, 7) is 1.79. The summed E-state index contributed by atoms with van der Waals surface area (Å²) in [4.78, 5) is 38.5. The molecule has 3 N–H and O–H groups in total. The Bertz CT molecular complexity index is 1360. The average Bonchev–Trinajstić information content (AvgIpc) is 3.22. The summed E-state index contributed by atoms with van der Waals surface area (Å²) in [5, 5.41) is 7.14. The van der Waals surface area contributed by atoms with Crippen molar-refractivity contribution in [1.82, 2.24) is 0 Å². The Labute approximate surface area is 217 Å². The van der Waals surface area contributed by atoms with Crippen LogP contribution in [0.2, 0.25) is 5.02 Å². The van der Waals surface area contributed by atoms with E-state index in [1.807, 2.05) is 0 Å². The number of carbonyl (C=O) groups excluding carboxylic acids is 3. The van der Waals surface area contributed by atoms with E-state index >= 15 is 4.39 Å². The highest BCUT2D eigenvalue weighted by molar-refractivity contribution is 7.14. The zero-order valence-electron chi connectivity index (χ0n) is 17.8. The van der Waals surface area contributed by atoms with Crippen molar-refractivity contribution >= 4 is 80.9 Å². The Morgan fingerprint density at radius 3 is 2.34 bits per heavy atom. The second-order valence-corrected chi connectivity index (χ2v) is 11.0. The molecule has 6 nitrogen and oxygen atoms in total. The predicted molar refractivity (Wildman–Crippen MR) is 134 cm³/mol. The summed E-state index contributed by atoms with van der Waals surface area (Å²) < 4.78 is 28.2. The molecular weight excluding hydrogens is 543 g/mol. The highest BCUT2D eigenvalue weighted by Gasteiger charge is 2.56. The zero-order valence-corrected chi connectivity index (χ0v) is 20.9. The Morgan fingerprint density at radius 1 is 1.00 bits per heavy atom. The van der Waals surface area contributed by atoms with Crippen LogP contribution in [0.25, 0.3) is 0 Å². The Kier molecular flexibility index (Phi) is 7.06. The lowest BCUT2D eigenvalue weighted by Gasteiger charge is -2.13. The lowest BCUT2D eigenvalue weighted by Crippen LogP contribution is -2.19. The van der Waals surface area contributed by atoms with Gasteiger partial charge in [0, 0.05) is 10.6 Å². The number of hydrogen-bond acceptors (Lipinski definition) is 4. The van der Waals surface area contributed by atoms with Gasteiger partial charge in [-0.05, 0) is 55.8 Å². The maximum Gasteiger partial charge on any atom is 0.265 e. The van der Waals surface area contributed by atoms with Crippen LogP contribution in [0.4, 0.5) is 25.8 Å². The molecule has 1 heterocycles. The average molecular weight is 559 g/mol. The first-order valence-corrected chi connectivity index (χ1v) is 12.1. The molecule has 2 aromatic carbocycles. The Balaban J connectivity index is 1.52. The van der Waals surface area contributed by atoms with Gasteiger partial charge in [-0.1, -0.05) is 11.6 Å². The molecule has 1 fully saturated rings. The standard InChI is InChI=1S/C23H16Cl3F2N3O3S/c1-10-2-7-17(35-10)22(34)31-19-15(27)5-6-16(18(19)28)30-20(32)12-8-11(3-4-14(12)24)29-21(33)13-9-23(13,25)26/h2-8,13H,9H2,1H3,(H,29,33)(H,30,32)(H,31,34). The van der Waals surface area contributed by atoms with Gasteiger partial charge in [0.2, 0.25) is 5.91 Å². The van der Waals surface area contributed by atoms with Crippen molar-refractivity contribution in [3.8, 4) is 0 Å². The minimum Gasteiger partial charge on any atom is -0.326 e. The predicted octanol–water partition coefficient (Wildman–Crippen LogP) is 6.63. The highest BCUT2D eigenvalue weighted by Crippen LogP contribution is 2.53. The van der Waals surface area contributed by atoms with Gasteiger partial charge in [0.1, 0.15) is 15.8 Å². The van der Waals surface area contributed by atoms with E-state index in [1.54, 1.807) is 13.0 Å². The first kappa shape index (κ1) is 25.4. The van der Waals surface area contributed by atoms with Crippen molar-refractivity contribution in [1.29, 1.82) is 0 Å². The van der Waals surface area contributed by atoms with Crippen LogP contribution in [-0.2, 0) is 4.79 Å². The second kappa shape index (κ2) is 9.73. The minimum atomic E-state index is -1.17. The molecule has 4 rings (SSSR count). The van der Waals surface area contributed by atoms with Crippen LogP contribution in [-0.4, -0.2) is 22.1 Å². The third-order valence-electron chi connectivity index (χ3n) is 5.16. The molecule has 0 aliphatic heterocycles. The number of halogens is 5. The quantitative estimate of drug-likeness (QED) is 0.297. The number of anilines is 3. The number of aryl methyl sites for hydroxylation is 1. The summed E-state index contributed by atoms with van der Waals surface area (Å²) >= 11 is 19.1. The monoisotopic (exact) mass is 557 g/mol. The van der Waals surface area contributed by atoms with Crippen LogP contribution in [0.1, 0.15) is 31.3 Å². The molecule has 1 unspecified atom stereocenters. The van der Waals surface area contributed by atoms with Gasteiger partial charge in [-0.15, -0.1) is 34.5 Å². The molecule has 12 heteroatoms. The van der Waals surface area contributed by atoms with Crippen LogP contribution in [0.3, 0.4) is 0 Å². The van der Waals surface area contributed by atoms with Crippen molar-refractivity contribution < 1.29 is 23.2 Å². The van der Waals surface area contributed by atoms with Crippen LogP contribution in [0.5, 0.6) is 0 Å². The molecule has 1 atom stereocenters. The molecule has 0 bridgehead atoms. The van der Waals surface area contributed by atoms with Crippen molar-refractivity contribution in [3.05, 3.63) is 74.4 Å². The van der Waals surface area contributed by atoms with Crippen LogP contribution in [0.15, 0.2) is 42.5 Å². The number of rotatable bonds is 6. The van der Waals surface area contributed by atoms with E-state index in [1.165, 1.54) is 35.6 Å². The van der Waals surface area contributed by atoms with Crippen LogP contribution >= 0.6 is 46.1 Å². The van der Waals surface area contributed by atoms with E-state index in [0.29, 0.717) is 6.42 Å². The van der Waals surface area contributed by atoms with Gasteiger partial charge >= 0.3 is 0 Å². The molecule has 35 heavy (non-hydrogen) atoms. The van der Waals surface area contributed by atoms with Gasteiger partial charge in [0.05, 0.1) is 27.1 Å². The number of carbonyl (C=O) groups is 3. The van der Waals surface area contributed by atoms with Gasteiger partial charge in [0.25, 0.3) is 11.8 Å². The fourth-order valence-electron chi connectivity index (χ4n) is 3.19. The number of benzene rings is 2. The van der Waals surface area contributed by atoms with Gasteiger partial charge in [-0.2, -0.15) is 0 Å². The number of hydrogen-bond donors (Lipinski definition) is 3. The first-order chi connectivity index (χ1) is 16.5. The fraction of sp³-hybridized carbons (Fsp3) is 0.174. The van der Waals surface area contributed by atoms with Gasteiger partial charge in [0.15, 0.2) is 5.82 Å². The highest BCUT2D eigenvalue weighted by atomic mass is 35.5. The molecule has 0 saturated heterocycles. The third-order valence-corrected chi connectivity index (χ3v) is 7.33. The van der Waals surface area contributed by atoms with Crippen molar-refractivity contribution in [3.63, 3.8) is 0 Å². The van der Waals surface area contributed by atoms with Crippen molar-refractivity contribution in [2.45, 2.75) is 17.7 Å². The van der Waals surface area contributed by atoms with Crippen LogP contribution in [0, 0.1) is 24.5 Å². The van der Waals surface area contributed by atoms with E-state index in [9.17, 15) is 18.8 Å². The number of nitrogens with one attached hydrogen (secondary N) is 3. The van der Waals surface area contributed by atoms with Crippen molar-refractivity contribution in [2.24, 2.45) is 5.92 Å². The number of thiophene rings is 1. The largest absolute Gasteiger partial charge is 0.326 e. The number of amides is 3. The molecule has 3 amide bonds. The minimum absolute atomic E-state index is 0.0278. The smallest absolute Gasteiger partial charge is 0.265 e. The van der Waals surface area contributed by atoms with Gasteiger partial charge in [-0.3, -0.25) is 14.4 Å². The van der Waals surface area contributed by atoms with Crippen LogP contribution < -0.4 is 16.0 Å². The van der Waals surface area contributed by atoms with E-state index in [0.717, 1.165) is 17.0 Å². The SMILES string of the molecule is Cc1ccc(C(=O)Nc2c(F)ccc(NC(=O)c3cc(NC(=O)C4CC4(Cl)Cl)ccc3Cl)c2F)s1. The molecule has 0 radical (unpaired) electrons. The maximum atomic E-state index is 15.0. The van der Waals surface area contributed by atoms with E-state index in [-0.39, 0.29) is 26.8 Å². The van der Waals surface area contributed by atoms with E-state index < -0.39 is 45.3 Å². The Hall–Kier alpha value is -2.72. The van der Waals surface area contributed by atoms with Gasteiger partial charge < -0.3 is 16.0 Å². The molecule has 1 aromatic heterocycles. The summed E-state index contributed by atoms with van der Waals surface area (Å²) in [7, 11) is 0. The molecular formula is C23H16Cl3F2N3O3S. The molecule has 3 aromatic rings. The molecule has 1 saturated carbocycles. The second-order valence-electron chi connectivity index (χ2n) is 7.80. The molecule has 182 valence electrons. The molecule has 1 aliphatic rings. The normalized spacial score (nSPS) is 15.9. The molecule has 0 spiro atoms. The zero-order chi connectivity index (χ0) is 25.5.